The van der Waals surface area contributed by atoms with E-state index in [0.29, 0.717) is 12.2 Å². The molecular weight excluding hydrogens is 404 g/mol. The Balaban J connectivity index is 2.19. The maximum atomic E-state index is 12.5. The van der Waals surface area contributed by atoms with Gasteiger partial charge in [-0.25, -0.2) is 8.42 Å². The average molecular weight is 425 g/mol. The fourth-order valence-corrected chi connectivity index (χ4v) is 3.46. The molecule has 2 aromatic carbocycles. The Kier molecular flexibility index (Phi) is 6.24. The van der Waals surface area contributed by atoms with Crippen LogP contribution in [0.2, 0.25) is 0 Å². The number of rotatable bonds is 6. The second kappa shape index (κ2) is 8.01. The maximum Gasteiger partial charge on any atom is 0.243 e. The Hall–Kier alpha value is -1.86. The molecule has 0 radical (unpaired) electrons. The fraction of sp³-hybridized carbons (Fsp3) is 0.278. The lowest BCUT2D eigenvalue weighted by Gasteiger charge is -2.25. The highest BCUT2D eigenvalue weighted by molar-refractivity contribution is 9.10. The number of aryl methyl sites for hydroxylation is 1. The lowest BCUT2D eigenvalue weighted by molar-refractivity contribution is -0.128. The van der Waals surface area contributed by atoms with Crippen molar-refractivity contribution in [1.82, 2.24) is 4.90 Å². The Morgan fingerprint density at radius 3 is 2.32 bits per heavy atom. The van der Waals surface area contributed by atoms with Crippen LogP contribution in [0.25, 0.3) is 0 Å². The Morgan fingerprint density at radius 2 is 1.76 bits per heavy atom. The fourth-order valence-electron chi connectivity index (χ4n) is 2.37. The molecule has 0 N–H and O–H groups in total. The van der Waals surface area contributed by atoms with Crippen molar-refractivity contribution in [3.8, 4) is 0 Å². The summed E-state index contributed by atoms with van der Waals surface area (Å²) < 4.78 is 26.4. The first kappa shape index (κ1) is 19.5. The van der Waals surface area contributed by atoms with Gasteiger partial charge in [-0.3, -0.25) is 9.10 Å². The molecular formula is C18H21BrN2O3S. The molecule has 1 amide bonds. The molecule has 0 spiro atoms. The van der Waals surface area contributed by atoms with Gasteiger partial charge in [0.2, 0.25) is 15.9 Å². The zero-order valence-corrected chi connectivity index (χ0v) is 16.8. The maximum absolute atomic E-state index is 12.5. The van der Waals surface area contributed by atoms with Gasteiger partial charge in [-0.1, -0.05) is 46.3 Å². The number of benzene rings is 2. The molecule has 0 fully saturated rings. The van der Waals surface area contributed by atoms with Crippen molar-refractivity contribution in [2.45, 2.75) is 13.5 Å². The van der Waals surface area contributed by atoms with Crippen LogP contribution in [0.15, 0.2) is 53.0 Å². The summed E-state index contributed by atoms with van der Waals surface area (Å²) in [6.07, 6.45) is 1.11. The predicted octanol–water partition coefficient (Wildman–Crippen LogP) is 3.18. The molecule has 0 aliphatic rings. The van der Waals surface area contributed by atoms with Gasteiger partial charge >= 0.3 is 0 Å². The first-order chi connectivity index (χ1) is 11.7. The van der Waals surface area contributed by atoms with Gasteiger partial charge in [-0.2, -0.15) is 0 Å². The number of anilines is 1. The third-order valence-electron chi connectivity index (χ3n) is 3.80. The van der Waals surface area contributed by atoms with E-state index in [0.717, 1.165) is 26.2 Å². The molecule has 0 aliphatic carbocycles. The molecule has 25 heavy (non-hydrogen) atoms. The molecule has 2 rings (SSSR count). The van der Waals surface area contributed by atoms with Crippen LogP contribution in [0, 0.1) is 6.92 Å². The monoisotopic (exact) mass is 424 g/mol. The normalized spacial score (nSPS) is 11.2. The second-order valence-electron chi connectivity index (χ2n) is 5.94. The van der Waals surface area contributed by atoms with Crippen molar-refractivity contribution in [2.75, 3.05) is 24.2 Å². The lowest BCUT2D eigenvalue weighted by Crippen LogP contribution is -2.41. The van der Waals surface area contributed by atoms with Gasteiger partial charge in [0.25, 0.3) is 0 Å². The summed E-state index contributed by atoms with van der Waals surface area (Å²) in [6, 6.07) is 14.8. The average Bonchev–Trinajstić information content (AvgIpc) is 2.55. The smallest absolute Gasteiger partial charge is 0.243 e. The van der Waals surface area contributed by atoms with Crippen LogP contribution < -0.4 is 4.31 Å². The van der Waals surface area contributed by atoms with Crippen LogP contribution in [0.4, 0.5) is 5.69 Å². The summed E-state index contributed by atoms with van der Waals surface area (Å²) in [7, 11) is -1.91. The highest BCUT2D eigenvalue weighted by atomic mass is 79.9. The van der Waals surface area contributed by atoms with Gasteiger partial charge in [-0.15, -0.1) is 0 Å². The number of halogens is 1. The summed E-state index contributed by atoms with van der Waals surface area (Å²) in [6.45, 7) is 2.07. The van der Waals surface area contributed by atoms with Crippen LogP contribution in [0.5, 0.6) is 0 Å². The number of carbonyl (C=O) groups excluding carboxylic acids is 1. The molecule has 0 atom stereocenters. The topological polar surface area (TPSA) is 57.7 Å². The van der Waals surface area contributed by atoms with Crippen molar-refractivity contribution in [2.24, 2.45) is 0 Å². The van der Waals surface area contributed by atoms with Gasteiger partial charge in [0.1, 0.15) is 6.54 Å². The van der Waals surface area contributed by atoms with Gasteiger partial charge < -0.3 is 4.90 Å². The molecule has 0 aliphatic heterocycles. The number of hydrogen-bond donors (Lipinski definition) is 0. The zero-order valence-electron chi connectivity index (χ0n) is 14.4. The van der Waals surface area contributed by atoms with Gasteiger partial charge in [0.05, 0.1) is 11.9 Å². The third kappa shape index (κ3) is 5.31. The Morgan fingerprint density at radius 1 is 1.12 bits per heavy atom. The minimum absolute atomic E-state index is 0.233. The summed E-state index contributed by atoms with van der Waals surface area (Å²) >= 11 is 3.40. The number of nitrogens with zero attached hydrogens (tertiary/aromatic N) is 2. The number of sulfonamides is 1. The number of carbonyl (C=O) groups is 1. The molecule has 0 heterocycles. The molecule has 0 unspecified atom stereocenters. The van der Waals surface area contributed by atoms with E-state index in [1.807, 2.05) is 37.3 Å². The van der Waals surface area contributed by atoms with E-state index in [1.165, 1.54) is 4.90 Å². The van der Waals surface area contributed by atoms with Crippen LogP contribution in [0.1, 0.15) is 11.1 Å². The van der Waals surface area contributed by atoms with Gasteiger partial charge in [-0.05, 0) is 36.2 Å². The van der Waals surface area contributed by atoms with Crippen molar-refractivity contribution in [3.63, 3.8) is 0 Å². The van der Waals surface area contributed by atoms with Crippen molar-refractivity contribution < 1.29 is 13.2 Å². The molecule has 0 saturated heterocycles. The number of hydrogen-bond acceptors (Lipinski definition) is 3. The van der Waals surface area contributed by atoms with Gasteiger partial charge in [0.15, 0.2) is 0 Å². The largest absolute Gasteiger partial charge is 0.340 e. The quantitative estimate of drug-likeness (QED) is 0.715. The van der Waals surface area contributed by atoms with Crippen molar-refractivity contribution in [1.29, 1.82) is 0 Å². The highest BCUT2D eigenvalue weighted by Gasteiger charge is 2.23. The zero-order chi connectivity index (χ0) is 18.6. The number of amides is 1. The van der Waals surface area contributed by atoms with Crippen LogP contribution in [-0.2, 0) is 21.4 Å². The Bertz CT molecular complexity index is 854. The summed E-state index contributed by atoms with van der Waals surface area (Å²) in [5.74, 6) is -0.269. The lowest BCUT2D eigenvalue weighted by atomic mass is 10.2. The van der Waals surface area contributed by atoms with E-state index in [1.54, 1.807) is 25.2 Å². The Labute approximate surface area is 157 Å². The predicted molar refractivity (Wildman–Crippen MR) is 104 cm³/mol. The molecule has 0 bridgehead atoms. The number of likely N-dealkylation sites (N-methyl/N-ethyl adjacent to an activating group) is 1. The summed E-state index contributed by atoms with van der Waals surface area (Å²) in [5.41, 5.74) is 2.37. The van der Waals surface area contributed by atoms with Crippen LogP contribution in [-0.4, -0.2) is 39.1 Å². The van der Waals surface area contributed by atoms with Crippen LogP contribution >= 0.6 is 15.9 Å². The molecule has 7 heteroatoms. The van der Waals surface area contributed by atoms with E-state index >= 15 is 0 Å². The van der Waals surface area contributed by atoms with E-state index in [-0.39, 0.29) is 12.5 Å². The van der Waals surface area contributed by atoms with E-state index in [9.17, 15) is 13.2 Å². The third-order valence-corrected chi connectivity index (χ3v) is 5.83. The SMILES string of the molecule is Cc1cc(N(CC(=O)N(C)Cc2ccccc2)S(C)(=O)=O)ccc1Br. The summed E-state index contributed by atoms with van der Waals surface area (Å²) in [4.78, 5) is 14.1. The minimum Gasteiger partial charge on any atom is -0.340 e. The van der Waals surface area contributed by atoms with E-state index in [2.05, 4.69) is 15.9 Å². The minimum atomic E-state index is -3.58. The van der Waals surface area contributed by atoms with Crippen LogP contribution in [0.3, 0.4) is 0 Å². The first-order valence-corrected chi connectivity index (χ1v) is 10.3. The summed E-state index contributed by atoms with van der Waals surface area (Å²) in [5, 5.41) is 0. The van der Waals surface area contributed by atoms with Crippen molar-refractivity contribution in [3.05, 3.63) is 64.1 Å². The van der Waals surface area contributed by atoms with E-state index < -0.39 is 10.0 Å². The van der Waals surface area contributed by atoms with Crippen molar-refractivity contribution >= 4 is 37.5 Å². The van der Waals surface area contributed by atoms with Gasteiger partial charge in [0, 0.05) is 18.1 Å². The molecule has 134 valence electrons. The molecule has 5 nitrogen and oxygen atoms in total. The standard InChI is InChI=1S/C18H21BrN2O3S/c1-14-11-16(9-10-17(14)19)21(25(3,23)24)13-18(22)20(2)12-15-7-5-4-6-8-15/h4-11H,12-13H2,1-3H3. The molecule has 0 saturated carbocycles. The highest BCUT2D eigenvalue weighted by Crippen LogP contribution is 2.24. The first-order valence-electron chi connectivity index (χ1n) is 7.70. The second-order valence-corrected chi connectivity index (χ2v) is 8.70. The molecule has 2 aromatic rings. The van der Waals surface area contributed by atoms with E-state index in [4.69, 9.17) is 0 Å². The molecule has 0 aromatic heterocycles.